The highest BCUT2D eigenvalue weighted by atomic mass is 16.7. The van der Waals surface area contributed by atoms with Crippen molar-refractivity contribution in [1.29, 1.82) is 0 Å². The first-order valence-corrected chi connectivity index (χ1v) is 32.9. The lowest BCUT2D eigenvalue weighted by atomic mass is 10.1. The molecule has 0 saturated heterocycles. The number of ether oxygens (including phenoxy) is 6. The lowest BCUT2D eigenvalue weighted by Gasteiger charge is -2.25. The van der Waals surface area contributed by atoms with Crippen LogP contribution in [0.15, 0.2) is 24.3 Å². The minimum absolute atomic E-state index is 0.0830. The maximum absolute atomic E-state index is 12.7. The van der Waals surface area contributed by atoms with E-state index in [-0.39, 0.29) is 37.4 Å². The summed E-state index contributed by atoms with van der Waals surface area (Å²) in [5.41, 5.74) is 0. The number of likely N-dealkylation sites (N-methyl/N-ethyl adjacent to an activating group) is 1. The fourth-order valence-corrected chi connectivity index (χ4v) is 9.18. The maximum atomic E-state index is 12.7. The van der Waals surface area contributed by atoms with Gasteiger partial charge in [-0.2, -0.15) is 0 Å². The Hall–Kier alpha value is -4.00. The predicted molar refractivity (Wildman–Crippen MR) is 331 cm³/mol. The zero-order chi connectivity index (χ0) is 58.5. The van der Waals surface area contributed by atoms with Crippen LogP contribution in [0.2, 0.25) is 0 Å². The van der Waals surface area contributed by atoms with Gasteiger partial charge >= 0.3 is 24.2 Å². The number of carbonyl (C=O) groups is 4. The zero-order valence-corrected chi connectivity index (χ0v) is 52.4. The van der Waals surface area contributed by atoms with Gasteiger partial charge in [0.05, 0.1) is 26.1 Å². The van der Waals surface area contributed by atoms with E-state index in [0.717, 1.165) is 180 Å². The number of hydrogen-bond acceptors (Lipinski definition) is 12. The molecule has 0 saturated carbocycles. The Balaban J connectivity index is 4.37. The lowest BCUT2D eigenvalue weighted by molar-refractivity contribution is -0.144. The predicted octanol–water partition coefficient (Wildman–Crippen LogP) is 17.8. The summed E-state index contributed by atoms with van der Waals surface area (Å²) in [5.74, 6) is 11.7. The van der Waals surface area contributed by atoms with E-state index in [2.05, 4.69) is 99.3 Å². The van der Waals surface area contributed by atoms with Crippen molar-refractivity contribution in [3.05, 3.63) is 24.3 Å². The van der Waals surface area contributed by atoms with Crippen LogP contribution >= 0.6 is 0 Å². The summed E-state index contributed by atoms with van der Waals surface area (Å²) < 4.78 is 33.1. The van der Waals surface area contributed by atoms with E-state index >= 15 is 0 Å². The Morgan fingerprint density at radius 2 is 0.738 bits per heavy atom. The van der Waals surface area contributed by atoms with Crippen LogP contribution in [0, 0.1) is 23.7 Å². The maximum Gasteiger partial charge on any atom is 0.509 e. The highest BCUT2D eigenvalue weighted by Crippen LogP contribution is 2.17. The first-order chi connectivity index (χ1) is 39.2. The van der Waals surface area contributed by atoms with Crippen LogP contribution in [0.4, 0.5) is 9.59 Å². The van der Waals surface area contributed by atoms with E-state index in [0.29, 0.717) is 52.0 Å². The minimum atomic E-state index is -0.621. The van der Waals surface area contributed by atoms with Crippen LogP contribution in [0.1, 0.15) is 286 Å². The van der Waals surface area contributed by atoms with Crippen molar-refractivity contribution < 1.29 is 47.6 Å². The summed E-state index contributed by atoms with van der Waals surface area (Å²) in [6, 6.07) is 0. The minimum Gasteiger partial charge on any atom is -0.466 e. The number of allylic oxidation sites excluding steroid dienone is 2. The highest BCUT2D eigenvalue weighted by Gasteiger charge is 2.17. The summed E-state index contributed by atoms with van der Waals surface area (Å²) >= 11 is 0. The Labute approximate surface area is 491 Å². The van der Waals surface area contributed by atoms with E-state index < -0.39 is 12.3 Å². The second-order valence-corrected chi connectivity index (χ2v) is 21.6. The molecule has 0 aromatic rings. The van der Waals surface area contributed by atoms with Gasteiger partial charge in [0.2, 0.25) is 0 Å². The number of nitrogens with zero attached hydrogens (tertiary/aromatic N) is 2. The molecule has 0 aliphatic heterocycles. The Kier molecular flexibility index (Phi) is 58.0. The highest BCUT2D eigenvalue weighted by molar-refractivity contribution is 5.70. The molecular formula is C68H120N2O10. The van der Waals surface area contributed by atoms with Crippen molar-refractivity contribution in [1.82, 2.24) is 9.80 Å². The van der Waals surface area contributed by atoms with Crippen molar-refractivity contribution in [2.75, 3.05) is 65.7 Å². The fraction of sp³-hybridized carbons (Fsp3) is 0.824. The molecule has 0 aliphatic rings. The van der Waals surface area contributed by atoms with Gasteiger partial charge in [-0.25, -0.2) is 9.59 Å². The molecule has 0 aromatic heterocycles. The molecule has 0 aromatic carbocycles. The summed E-state index contributed by atoms with van der Waals surface area (Å²) in [6.07, 6.45) is 46.0. The van der Waals surface area contributed by atoms with Gasteiger partial charge < -0.3 is 38.2 Å². The molecule has 2 atom stereocenters. The molecule has 0 radical (unpaired) electrons. The van der Waals surface area contributed by atoms with E-state index in [9.17, 15) is 19.2 Å². The Morgan fingerprint density at radius 3 is 1.14 bits per heavy atom. The Morgan fingerprint density at radius 1 is 0.375 bits per heavy atom. The molecule has 2 unspecified atom stereocenters. The fourth-order valence-electron chi connectivity index (χ4n) is 9.18. The van der Waals surface area contributed by atoms with E-state index in [1.807, 2.05) is 0 Å². The van der Waals surface area contributed by atoms with Crippen molar-refractivity contribution in [3.63, 3.8) is 0 Å². The summed E-state index contributed by atoms with van der Waals surface area (Å²) in [5, 5.41) is 0. The molecule has 80 heavy (non-hydrogen) atoms. The number of rotatable bonds is 55. The van der Waals surface area contributed by atoms with Crippen molar-refractivity contribution >= 4 is 24.2 Å². The number of esters is 2. The van der Waals surface area contributed by atoms with Gasteiger partial charge in [-0.1, -0.05) is 218 Å². The van der Waals surface area contributed by atoms with Crippen LogP contribution in [0.3, 0.4) is 0 Å². The molecule has 0 rings (SSSR count). The second kappa shape index (κ2) is 61.1. The van der Waals surface area contributed by atoms with Gasteiger partial charge in [0.25, 0.3) is 0 Å². The van der Waals surface area contributed by atoms with Crippen LogP contribution in [0.25, 0.3) is 0 Å². The summed E-state index contributed by atoms with van der Waals surface area (Å²) in [4.78, 5) is 54.7. The normalized spacial score (nSPS) is 12.1. The third-order valence-electron chi connectivity index (χ3n) is 14.4. The molecule has 0 amide bonds. The van der Waals surface area contributed by atoms with Crippen molar-refractivity contribution in [2.24, 2.45) is 0 Å². The van der Waals surface area contributed by atoms with Crippen LogP contribution in [0.5, 0.6) is 0 Å². The smallest absolute Gasteiger partial charge is 0.466 e. The monoisotopic (exact) mass is 1120 g/mol. The molecule has 0 fully saturated rings. The second-order valence-electron chi connectivity index (χ2n) is 21.6. The van der Waals surface area contributed by atoms with Gasteiger partial charge in [-0.3, -0.25) is 9.59 Å². The largest absolute Gasteiger partial charge is 0.509 e. The van der Waals surface area contributed by atoms with Crippen LogP contribution < -0.4 is 0 Å². The number of carbonyl (C=O) groups excluding carboxylic acids is 4. The quantitative estimate of drug-likeness (QED) is 0.0189. The third kappa shape index (κ3) is 54.6. The molecule has 12 heteroatoms. The topological polar surface area (TPSA) is 130 Å². The third-order valence-corrected chi connectivity index (χ3v) is 14.4. The molecule has 0 N–H and O–H groups in total. The molecule has 0 aliphatic carbocycles. The van der Waals surface area contributed by atoms with Crippen LogP contribution in [-0.2, 0) is 38.0 Å². The summed E-state index contributed by atoms with van der Waals surface area (Å²) in [6.45, 7) is 18.9. The standard InChI is InChI=1S/C68H120N2O10/c1-7-13-17-21-31-39-47-61-77-67(73)79-63(49-41-19-15-9-3)51-43-35-29-25-23-27-33-37-45-59-75-65(71)53-55-70(58-57-69(11-5)12-6)56-54-66(72)76-60-46-38-34-28-24-26-30-36-44-52-64(50-42-20-16-10-4)80-68(74)78-62-48-40-32-22-18-14-8-2/h35-36,43-44,63-64H,7-34,37-38,41-42,45-46,49-62H2,1-6H3/b43-35+,44-36+. The van der Waals surface area contributed by atoms with Gasteiger partial charge in [0, 0.05) is 51.9 Å². The van der Waals surface area contributed by atoms with E-state index in [1.165, 1.54) is 64.2 Å². The number of hydrogen-bond donors (Lipinski definition) is 0. The average Bonchev–Trinajstić information content (AvgIpc) is 3.45. The SMILES string of the molecule is CCCCCCC#CCOC(=O)OC(C/C=C/CCCCCCCCOC(=O)CCN(CCC(=O)OCCCCCCCC/C=C/CC(CCCCCC)OC(=O)OCC#CCCCCCC)CCN(CC)CC)CCCCCC. The van der Waals surface area contributed by atoms with Gasteiger partial charge in [-0.05, 0) is 90.1 Å². The van der Waals surface area contributed by atoms with E-state index in [1.54, 1.807) is 0 Å². The average molecular weight is 1130 g/mol. The molecular weight excluding hydrogens is 1000 g/mol. The first-order valence-electron chi connectivity index (χ1n) is 32.9. The first kappa shape index (κ1) is 76.0. The lowest BCUT2D eigenvalue weighted by Crippen LogP contribution is -2.37. The van der Waals surface area contributed by atoms with Crippen molar-refractivity contribution in [2.45, 2.75) is 298 Å². The van der Waals surface area contributed by atoms with E-state index in [4.69, 9.17) is 28.4 Å². The molecule has 462 valence electrons. The van der Waals surface area contributed by atoms with Crippen molar-refractivity contribution in [3.8, 4) is 23.7 Å². The zero-order valence-electron chi connectivity index (χ0n) is 52.4. The summed E-state index contributed by atoms with van der Waals surface area (Å²) in [7, 11) is 0. The van der Waals surface area contributed by atoms with Gasteiger partial charge in [-0.15, -0.1) is 0 Å². The molecule has 0 spiro atoms. The molecule has 12 nitrogen and oxygen atoms in total. The van der Waals surface area contributed by atoms with Gasteiger partial charge in [0.15, 0.2) is 13.2 Å². The molecule has 0 heterocycles. The number of unbranched alkanes of at least 4 members (excludes halogenated alkanes) is 26. The van der Waals surface area contributed by atoms with Gasteiger partial charge in [0.1, 0.15) is 12.2 Å². The molecule has 0 bridgehead atoms. The van der Waals surface area contributed by atoms with Crippen LogP contribution in [-0.4, -0.2) is 112 Å². The Bertz CT molecular complexity index is 1510.